The van der Waals surface area contributed by atoms with E-state index in [1.165, 1.54) is 0 Å². The minimum atomic E-state index is -0.496. The number of fused-ring (bicyclic) bond motifs is 1. The topological polar surface area (TPSA) is 70.1 Å². The van der Waals surface area contributed by atoms with E-state index in [0.29, 0.717) is 25.6 Å². The Balaban J connectivity index is 2.35. The molecule has 2 heterocycles. The summed E-state index contributed by atoms with van der Waals surface area (Å²) in [6, 6.07) is -0.496. The molecule has 0 aromatic carbocycles. The lowest BCUT2D eigenvalue weighted by atomic mass is 10.2. The maximum atomic E-state index is 11.6. The number of imidazole rings is 1. The summed E-state index contributed by atoms with van der Waals surface area (Å²) >= 11 is 0. The van der Waals surface area contributed by atoms with Crippen molar-refractivity contribution in [2.24, 2.45) is 5.73 Å². The molecule has 76 valence electrons. The van der Waals surface area contributed by atoms with E-state index in [1.54, 1.807) is 13.1 Å². The summed E-state index contributed by atoms with van der Waals surface area (Å²) in [6.07, 6.45) is 1.68. The van der Waals surface area contributed by atoms with Crippen LogP contribution >= 0.6 is 0 Å². The number of ketones is 1. The third-order valence-corrected chi connectivity index (χ3v) is 2.28. The van der Waals surface area contributed by atoms with Crippen molar-refractivity contribution in [3.05, 3.63) is 17.7 Å². The van der Waals surface area contributed by atoms with Gasteiger partial charge in [-0.1, -0.05) is 0 Å². The Morgan fingerprint density at radius 3 is 3.29 bits per heavy atom. The Labute approximate surface area is 81.9 Å². The quantitative estimate of drug-likeness (QED) is 0.671. The fourth-order valence-corrected chi connectivity index (χ4v) is 1.51. The maximum Gasteiger partial charge on any atom is 0.214 e. The molecule has 1 aliphatic rings. The van der Waals surface area contributed by atoms with E-state index >= 15 is 0 Å². The molecule has 0 fully saturated rings. The van der Waals surface area contributed by atoms with Crippen LogP contribution in [0.3, 0.4) is 0 Å². The number of carbonyl (C=O) groups is 1. The van der Waals surface area contributed by atoms with E-state index in [-0.39, 0.29) is 5.78 Å². The van der Waals surface area contributed by atoms with Crippen molar-refractivity contribution in [3.8, 4) is 0 Å². The van der Waals surface area contributed by atoms with Crippen LogP contribution in [-0.4, -0.2) is 28.0 Å². The predicted molar refractivity (Wildman–Crippen MR) is 49.9 cm³/mol. The van der Waals surface area contributed by atoms with Crippen LogP contribution in [0.25, 0.3) is 0 Å². The van der Waals surface area contributed by atoms with Gasteiger partial charge in [-0.3, -0.25) is 4.79 Å². The largest absolute Gasteiger partial charge is 0.373 e. The van der Waals surface area contributed by atoms with E-state index in [4.69, 9.17) is 10.5 Å². The Morgan fingerprint density at radius 2 is 2.57 bits per heavy atom. The minimum Gasteiger partial charge on any atom is -0.373 e. The van der Waals surface area contributed by atoms with Gasteiger partial charge in [0.2, 0.25) is 5.78 Å². The van der Waals surface area contributed by atoms with Crippen molar-refractivity contribution < 1.29 is 9.53 Å². The Kier molecular flexibility index (Phi) is 2.35. The summed E-state index contributed by atoms with van der Waals surface area (Å²) in [5.74, 6) is 0.344. The zero-order valence-electron chi connectivity index (χ0n) is 8.06. The van der Waals surface area contributed by atoms with Gasteiger partial charge in [0.15, 0.2) is 5.82 Å². The van der Waals surface area contributed by atoms with Crippen LogP contribution in [0.1, 0.15) is 23.2 Å². The number of rotatable bonds is 2. The minimum absolute atomic E-state index is 0.113. The van der Waals surface area contributed by atoms with Gasteiger partial charge in [0.25, 0.3) is 0 Å². The molecule has 2 N–H and O–H groups in total. The normalized spacial score (nSPS) is 17.6. The van der Waals surface area contributed by atoms with E-state index in [2.05, 4.69) is 4.98 Å². The highest BCUT2D eigenvalue weighted by Crippen LogP contribution is 2.12. The molecular weight excluding hydrogens is 182 g/mol. The molecule has 0 spiro atoms. The first-order chi connectivity index (χ1) is 6.70. The Morgan fingerprint density at radius 1 is 1.79 bits per heavy atom. The van der Waals surface area contributed by atoms with Gasteiger partial charge in [-0.15, -0.1) is 0 Å². The van der Waals surface area contributed by atoms with Gasteiger partial charge < -0.3 is 15.0 Å². The zero-order valence-corrected chi connectivity index (χ0v) is 8.06. The van der Waals surface area contributed by atoms with Gasteiger partial charge in [-0.2, -0.15) is 0 Å². The first-order valence-electron chi connectivity index (χ1n) is 4.62. The number of hydrogen-bond acceptors (Lipinski definition) is 4. The second-order valence-electron chi connectivity index (χ2n) is 3.43. The Hall–Kier alpha value is -1.20. The average Bonchev–Trinajstić information content (AvgIpc) is 2.60. The molecule has 0 radical (unpaired) electrons. The summed E-state index contributed by atoms with van der Waals surface area (Å²) < 4.78 is 7.13. The van der Waals surface area contributed by atoms with E-state index < -0.39 is 6.04 Å². The molecule has 5 nitrogen and oxygen atoms in total. The fraction of sp³-hybridized carbons (Fsp3) is 0.556. The van der Waals surface area contributed by atoms with Gasteiger partial charge in [-0.05, 0) is 6.92 Å². The van der Waals surface area contributed by atoms with Crippen LogP contribution in [0.2, 0.25) is 0 Å². The number of carbonyl (C=O) groups excluding carboxylic acids is 1. The summed E-state index contributed by atoms with van der Waals surface area (Å²) in [7, 11) is 0. The molecule has 1 aromatic rings. The number of aromatic nitrogens is 2. The van der Waals surface area contributed by atoms with Crippen LogP contribution < -0.4 is 5.73 Å². The number of ether oxygens (including phenoxy) is 1. The van der Waals surface area contributed by atoms with Crippen molar-refractivity contribution in [3.63, 3.8) is 0 Å². The number of nitrogens with two attached hydrogens (primary N) is 1. The van der Waals surface area contributed by atoms with Crippen LogP contribution in [0, 0.1) is 0 Å². The van der Waals surface area contributed by atoms with Crippen molar-refractivity contribution in [1.82, 2.24) is 9.55 Å². The lowest BCUT2D eigenvalue weighted by molar-refractivity contribution is 0.0806. The van der Waals surface area contributed by atoms with Crippen molar-refractivity contribution in [2.75, 3.05) is 6.61 Å². The molecule has 0 saturated heterocycles. The van der Waals surface area contributed by atoms with E-state index in [0.717, 1.165) is 5.69 Å². The summed E-state index contributed by atoms with van der Waals surface area (Å²) in [4.78, 5) is 15.7. The molecule has 0 saturated carbocycles. The molecule has 1 aromatic heterocycles. The van der Waals surface area contributed by atoms with Crippen LogP contribution in [0.4, 0.5) is 0 Å². The summed E-state index contributed by atoms with van der Waals surface area (Å²) in [5, 5.41) is 0. The summed E-state index contributed by atoms with van der Waals surface area (Å²) in [6.45, 7) is 3.51. The highest BCUT2D eigenvalue weighted by atomic mass is 16.5. The van der Waals surface area contributed by atoms with Gasteiger partial charge in [0.05, 0.1) is 31.1 Å². The van der Waals surface area contributed by atoms with E-state index in [1.807, 2.05) is 4.57 Å². The number of hydrogen-bond donors (Lipinski definition) is 1. The van der Waals surface area contributed by atoms with Crippen LogP contribution in [-0.2, 0) is 17.9 Å². The first kappa shape index (κ1) is 9.36. The molecule has 0 bridgehead atoms. The molecule has 1 unspecified atom stereocenters. The lowest BCUT2D eigenvalue weighted by Gasteiger charge is -2.17. The first-order valence-corrected chi connectivity index (χ1v) is 4.62. The SMILES string of the molecule is CC(N)C(=O)c1ncc2n1CCOC2. The second-order valence-corrected chi connectivity index (χ2v) is 3.43. The molecule has 14 heavy (non-hydrogen) atoms. The average molecular weight is 195 g/mol. The molecule has 2 rings (SSSR count). The third-order valence-electron chi connectivity index (χ3n) is 2.28. The zero-order chi connectivity index (χ0) is 10.1. The molecule has 0 amide bonds. The van der Waals surface area contributed by atoms with E-state index in [9.17, 15) is 4.79 Å². The highest BCUT2D eigenvalue weighted by Gasteiger charge is 2.21. The van der Waals surface area contributed by atoms with Gasteiger partial charge >= 0.3 is 0 Å². The number of Topliss-reactive ketones (excluding diaryl/α,β-unsaturated/α-hetero) is 1. The molecular formula is C9H13N3O2. The monoisotopic (exact) mass is 195 g/mol. The molecule has 5 heteroatoms. The summed E-state index contributed by atoms with van der Waals surface area (Å²) in [5.41, 5.74) is 6.47. The molecule has 1 atom stereocenters. The second kappa shape index (κ2) is 3.51. The standard InChI is InChI=1S/C9H13N3O2/c1-6(10)8(13)9-11-4-7-5-14-3-2-12(7)9/h4,6H,2-3,5,10H2,1H3. The van der Waals surface area contributed by atoms with Gasteiger partial charge in [-0.25, -0.2) is 4.98 Å². The van der Waals surface area contributed by atoms with Gasteiger partial charge in [0, 0.05) is 6.54 Å². The van der Waals surface area contributed by atoms with Crippen molar-refractivity contribution >= 4 is 5.78 Å². The third kappa shape index (κ3) is 1.44. The highest BCUT2D eigenvalue weighted by molar-refractivity contribution is 5.96. The lowest BCUT2D eigenvalue weighted by Crippen LogP contribution is -2.31. The smallest absolute Gasteiger partial charge is 0.214 e. The van der Waals surface area contributed by atoms with Gasteiger partial charge in [0.1, 0.15) is 0 Å². The number of nitrogens with zero attached hydrogens (tertiary/aromatic N) is 2. The van der Waals surface area contributed by atoms with Crippen LogP contribution in [0.15, 0.2) is 6.20 Å². The fourth-order valence-electron chi connectivity index (χ4n) is 1.51. The Bertz CT molecular complexity index is 357. The van der Waals surface area contributed by atoms with Crippen molar-refractivity contribution in [2.45, 2.75) is 26.1 Å². The molecule has 1 aliphatic heterocycles. The van der Waals surface area contributed by atoms with Crippen LogP contribution in [0.5, 0.6) is 0 Å². The predicted octanol–water partition coefficient (Wildman–Crippen LogP) is -0.0568. The molecule has 0 aliphatic carbocycles. The maximum absolute atomic E-state index is 11.6. The van der Waals surface area contributed by atoms with Crippen molar-refractivity contribution in [1.29, 1.82) is 0 Å².